The first-order valence-electron chi connectivity index (χ1n) is 9.55. The summed E-state index contributed by atoms with van der Waals surface area (Å²) in [6.07, 6.45) is 2.28. The maximum absolute atomic E-state index is 12.6. The summed E-state index contributed by atoms with van der Waals surface area (Å²) in [5.41, 5.74) is 0.719. The maximum atomic E-state index is 12.6. The molecule has 1 aromatic carbocycles. The smallest absolute Gasteiger partial charge is 0.236 e. The minimum Gasteiger partial charge on any atom is -0.342 e. The van der Waals surface area contributed by atoms with Crippen molar-refractivity contribution in [1.82, 2.24) is 14.7 Å². The van der Waals surface area contributed by atoms with Gasteiger partial charge in [0.25, 0.3) is 0 Å². The molecule has 2 aliphatic rings. The van der Waals surface area contributed by atoms with Crippen LogP contribution in [-0.4, -0.2) is 78.7 Å². The fourth-order valence-electron chi connectivity index (χ4n) is 3.76. The van der Waals surface area contributed by atoms with Crippen molar-refractivity contribution < 1.29 is 9.59 Å². The highest BCUT2D eigenvalue weighted by molar-refractivity contribution is 6.30. The zero-order valence-electron chi connectivity index (χ0n) is 15.5. The van der Waals surface area contributed by atoms with Crippen molar-refractivity contribution in [3.8, 4) is 0 Å². The molecule has 1 amide bonds. The molecular weight excluding hydrogens is 350 g/mol. The second kappa shape index (κ2) is 8.98. The van der Waals surface area contributed by atoms with Gasteiger partial charge in [0.15, 0.2) is 5.78 Å². The Balaban J connectivity index is 1.42. The molecule has 0 bridgehead atoms. The van der Waals surface area contributed by atoms with Crippen LogP contribution in [0.3, 0.4) is 0 Å². The molecule has 2 heterocycles. The lowest BCUT2D eigenvalue weighted by Gasteiger charge is -2.36. The van der Waals surface area contributed by atoms with Gasteiger partial charge in [-0.1, -0.05) is 18.5 Å². The number of rotatable bonds is 6. The molecule has 1 atom stereocenters. The number of ketones is 1. The molecule has 0 aliphatic carbocycles. The Morgan fingerprint density at radius 1 is 0.962 bits per heavy atom. The predicted molar refractivity (Wildman–Crippen MR) is 104 cm³/mol. The van der Waals surface area contributed by atoms with E-state index in [1.165, 1.54) is 0 Å². The van der Waals surface area contributed by atoms with Crippen molar-refractivity contribution >= 4 is 23.3 Å². The van der Waals surface area contributed by atoms with Crippen LogP contribution >= 0.6 is 11.6 Å². The van der Waals surface area contributed by atoms with E-state index in [1.54, 1.807) is 24.3 Å². The lowest BCUT2D eigenvalue weighted by molar-refractivity contribution is -0.131. The van der Waals surface area contributed by atoms with E-state index in [9.17, 15) is 9.59 Å². The summed E-state index contributed by atoms with van der Waals surface area (Å²) in [5.74, 6) is 0.379. The highest BCUT2D eigenvalue weighted by Crippen LogP contribution is 2.15. The van der Waals surface area contributed by atoms with Crippen LogP contribution in [0, 0.1) is 5.92 Å². The van der Waals surface area contributed by atoms with Crippen LogP contribution in [0.15, 0.2) is 24.3 Å². The molecule has 0 N–H and O–H groups in total. The molecule has 0 saturated carbocycles. The summed E-state index contributed by atoms with van der Waals surface area (Å²) in [5, 5.41) is 0.647. The Labute approximate surface area is 160 Å². The topological polar surface area (TPSA) is 43.9 Å². The lowest BCUT2D eigenvalue weighted by Crippen LogP contribution is -2.50. The van der Waals surface area contributed by atoms with Gasteiger partial charge in [0.2, 0.25) is 5.91 Å². The number of hydrogen-bond acceptors (Lipinski definition) is 4. The van der Waals surface area contributed by atoms with Crippen LogP contribution in [0.2, 0.25) is 5.02 Å². The van der Waals surface area contributed by atoms with Crippen molar-refractivity contribution in [3.63, 3.8) is 0 Å². The highest BCUT2D eigenvalue weighted by Gasteiger charge is 2.25. The molecule has 5 nitrogen and oxygen atoms in total. The maximum Gasteiger partial charge on any atom is 0.236 e. The summed E-state index contributed by atoms with van der Waals surface area (Å²) < 4.78 is 0. The quantitative estimate of drug-likeness (QED) is 0.714. The summed E-state index contributed by atoms with van der Waals surface area (Å²) in [7, 11) is 0. The van der Waals surface area contributed by atoms with Gasteiger partial charge in [0.1, 0.15) is 0 Å². The summed E-state index contributed by atoms with van der Waals surface area (Å²) in [6, 6.07) is 7.11. The second-order valence-corrected chi connectivity index (χ2v) is 7.87. The predicted octanol–water partition coefficient (Wildman–Crippen LogP) is 2.40. The van der Waals surface area contributed by atoms with Crippen molar-refractivity contribution in [2.45, 2.75) is 19.8 Å². The first kappa shape index (κ1) is 19.3. The number of piperazine rings is 1. The number of amides is 1. The second-order valence-electron chi connectivity index (χ2n) is 7.44. The summed E-state index contributed by atoms with van der Waals surface area (Å²) in [6.45, 7) is 8.72. The highest BCUT2D eigenvalue weighted by atomic mass is 35.5. The number of carbonyl (C=O) groups is 2. The van der Waals surface area contributed by atoms with Crippen molar-refractivity contribution in [2.24, 2.45) is 5.92 Å². The zero-order chi connectivity index (χ0) is 18.5. The first-order chi connectivity index (χ1) is 12.5. The van der Waals surface area contributed by atoms with Gasteiger partial charge in [-0.25, -0.2) is 0 Å². The van der Waals surface area contributed by atoms with Gasteiger partial charge in [0.05, 0.1) is 6.54 Å². The number of hydrogen-bond donors (Lipinski definition) is 0. The third-order valence-electron chi connectivity index (χ3n) is 5.39. The van der Waals surface area contributed by atoms with Crippen LogP contribution in [0.5, 0.6) is 0 Å². The number of benzene rings is 1. The van der Waals surface area contributed by atoms with E-state index in [1.807, 2.05) is 11.8 Å². The van der Waals surface area contributed by atoms with Gasteiger partial charge in [-0.3, -0.25) is 14.5 Å². The molecule has 2 saturated heterocycles. The minimum absolute atomic E-state index is 0.0473. The Morgan fingerprint density at radius 3 is 2.15 bits per heavy atom. The van der Waals surface area contributed by atoms with Crippen molar-refractivity contribution in [2.75, 3.05) is 52.4 Å². The molecule has 2 fully saturated rings. The number of carbonyl (C=O) groups excluding carboxylic acids is 2. The van der Waals surface area contributed by atoms with Gasteiger partial charge in [0, 0.05) is 62.3 Å². The van der Waals surface area contributed by atoms with E-state index in [-0.39, 0.29) is 17.6 Å². The molecule has 142 valence electrons. The van der Waals surface area contributed by atoms with Crippen molar-refractivity contribution in [3.05, 3.63) is 34.9 Å². The van der Waals surface area contributed by atoms with Gasteiger partial charge >= 0.3 is 0 Å². The molecule has 0 aromatic heterocycles. The standard InChI is InChI=1S/C20H28ClN3O2/c1-16(20(26)17-4-6-18(21)7-5-17)14-22-10-12-23(13-11-22)15-19(25)24-8-2-3-9-24/h4-7,16H,2-3,8-15H2,1H3. The van der Waals surface area contributed by atoms with Gasteiger partial charge in [-0.15, -0.1) is 0 Å². The summed E-state index contributed by atoms with van der Waals surface area (Å²) >= 11 is 5.89. The number of nitrogens with zero attached hydrogens (tertiary/aromatic N) is 3. The Bertz CT molecular complexity index is 620. The molecule has 1 unspecified atom stereocenters. The molecule has 2 aliphatic heterocycles. The van der Waals surface area contributed by atoms with Gasteiger partial charge < -0.3 is 9.80 Å². The molecule has 6 heteroatoms. The lowest BCUT2D eigenvalue weighted by atomic mass is 9.98. The Hall–Kier alpha value is -1.43. The van der Waals surface area contributed by atoms with Crippen LogP contribution in [0.1, 0.15) is 30.1 Å². The van der Waals surface area contributed by atoms with Crippen LogP contribution in [-0.2, 0) is 4.79 Å². The first-order valence-corrected chi connectivity index (χ1v) is 9.93. The van der Waals surface area contributed by atoms with Gasteiger partial charge in [-0.2, -0.15) is 0 Å². The monoisotopic (exact) mass is 377 g/mol. The van der Waals surface area contributed by atoms with E-state index in [0.29, 0.717) is 11.6 Å². The van der Waals surface area contributed by atoms with Crippen LogP contribution in [0.25, 0.3) is 0 Å². The fraction of sp³-hybridized carbons (Fsp3) is 0.600. The van der Waals surface area contributed by atoms with E-state index < -0.39 is 0 Å². The van der Waals surface area contributed by atoms with E-state index >= 15 is 0 Å². The van der Waals surface area contributed by atoms with E-state index in [2.05, 4.69) is 9.80 Å². The third kappa shape index (κ3) is 5.06. The Kier molecular flexibility index (Phi) is 6.68. The molecule has 3 rings (SSSR count). The largest absolute Gasteiger partial charge is 0.342 e. The van der Waals surface area contributed by atoms with E-state index in [0.717, 1.165) is 64.2 Å². The van der Waals surface area contributed by atoms with Gasteiger partial charge in [-0.05, 0) is 37.1 Å². The van der Waals surface area contributed by atoms with E-state index in [4.69, 9.17) is 11.6 Å². The normalized spacial score (nSPS) is 20.3. The van der Waals surface area contributed by atoms with Crippen LogP contribution in [0.4, 0.5) is 0 Å². The molecule has 0 radical (unpaired) electrons. The molecular formula is C20H28ClN3O2. The third-order valence-corrected chi connectivity index (χ3v) is 5.64. The average molecular weight is 378 g/mol. The van der Waals surface area contributed by atoms with Crippen molar-refractivity contribution in [1.29, 1.82) is 0 Å². The fourth-order valence-corrected chi connectivity index (χ4v) is 3.88. The SMILES string of the molecule is CC(CN1CCN(CC(=O)N2CCCC2)CC1)C(=O)c1ccc(Cl)cc1. The number of halogens is 1. The zero-order valence-corrected chi connectivity index (χ0v) is 16.2. The molecule has 0 spiro atoms. The number of likely N-dealkylation sites (tertiary alicyclic amines) is 1. The summed E-state index contributed by atoms with van der Waals surface area (Å²) in [4.78, 5) is 31.4. The minimum atomic E-state index is -0.0473. The average Bonchev–Trinajstić information content (AvgIpc) is 3.18. The number of Topliss-reactive ketones (excluding diaryl/α,β-unsaturated/α-hetero) is 1. The van der Waals surface area contributed by atoms with Crippen LogP contribution < -0.4 is 0 Å². The molecule has 26 heavy (non-hydrogen) atoms. The molecule has 1 aromatic rings. The Morgan fingerprint density at radius 2 is 1.54 bits per heavy atom.